The highest BCUT2D eigenvalue weighted by molar-refractivity contribution is 6.30. The van der Waals surface area contributed by atoms with Crippen molar-refractivity contribution in [3.05, 3.63) is 33.2 Å². The van der Waals surface area contributed by atoms with Crippen LogP contribution in [0.25, 0.3) is 0 Å². The lowest BCUT2D eigenvalue weighted by molar-refractivity contribution is 1.04. The Balaban J connectivity index is 3.19. The fourth-order valence-corrected chi connectivity index (χ4v) is 0.870. The van der Waals surface area contributed by atoms with E-state index in [0.29, 0.717) is 11.7 Å². The predicted octanol–water partition coefficient (Wildman–Crippen LogP) is 0.487. The van der Waals surface area contributed by atoms with Crippen LogP contribution in [0.3, 0.4) is 0 Å². The minimum absolute atomic E-state index is 0.206. The zero-order valence-electron chi connectivity index (χ0n) is 5.23. The van der Waals surface area contributed by atoms with Crippen molar-refractivity contribution < 1.29 is 0 Å². The molecule has 0 unspecified atom stereocenters. The Morgan fingerprint density at radius 3 is 2.80 bits per heavy atom. The molecular formula is C6H7ClN2O. The molecule has 54 valence electrons. The SMILES string of the molecule is NCc1ccc(=O)[nH]c1Cl. The van der Waals surface area contributed by atoms with E-state index < -0.39 is 0 Å². The van der Waals surface area contributed by atoms with Crippen LogP contribution in [0, 0.1) is 0 Å². The van der Waals surface area contributed by atoms with E-state index in [1.165, 1.54) is 6.07 Å². The molecule has 0 amide bonds. The number of rotatable bonds is 1. The lowest BCUT2D eigenvalue weighted by atomic mass is 10.3. The molecule has 1 heterocycles. The van der Waals surface area contributed by atoms with Crippen molar-refractivity contribution in [1.82, 2.24) is 4.98 Å². The van der Waals surface area contributed by atoms with Crippen LogP contribution in [0.1, 0.15) is 5.56 Å². The Hall–Kier alpha value is -0.800. The Morgan fingerprint density at radius 1 is 1.60 bits per heavy atom. The molecule has 0 aromatic carbocycles. The summed E-state index contributed by atoms with van der Waals surface area (Å²) >= 11 is 5.59. The van der Waals surface area contributed by atoms with Crippen molar-refractivity contribution in [1.29, 1.82) is 0 Å². The van der Waals surface area contributed by atoms with Gasteiger partial charge in [0.2, 0.25) is 5.56 Å². The maximum Gasteiger partial charge on any atom is 0.249 e. The van der Waals surface area contributed by atoms with Crippen molar-refractivity contribution in [3.8, 4) is 0 Å². The van der Waals surface area contributed by atoms with E-state index in [0.717, 1.165) is 5.56 Å². The molecule has 0 saturated carbocycles. The number of aromatic amines is 1. The number of nitrogens with one attached hydrogen (secondary N) is 1. The molecular weight excluding hydrogens is 152 g/mol. The van der Waals surface area contributed by atoms with Gasteiger partial charge in [-0.2, -0.15) is 0 Å². The Bertz CT molecular complexity index is 281. The largest absolute Gasteiger partial charge is 0.326 e. The summed E-state index contributed by atoms with van der Waals surface area (Å²) in [5.41, 5.74) is 5.84. The van der Waals surface area contributed by atoms with Crippen LogP contribution in [0.4, 0.5) is 0 Å². The van der Waals surface area contributed by atoms with Crippen LogP contribution in [-0.2, 0) is 6.54 Å². The van der Waals surface area contributed by atoms with Gasteiger partial charge in [-0.1, -0.05) is 11.6 Å². The van der Waals surface area contributed by atoms with E-state index in [1.807, 2.05) is 0 Å². The second-order valence-corrected chi connectivity index (χ2v) is 2.24. The lowest BCUT2D eigenvalue weighted by Crippen LogP contribution is -2.07. The lowest BCUT2D eigenvalue weighted by Gasteiger charge is -1.96. The summed E-state index contributed by atoms with van der Waals surface area (Å²) < 4.78 is 0. The highest BCUT2D eigenvalue weighted by Crippen LogP contribution is 2.07. The normalized spacial score (nSPS) is 9.80. The summed E-state index contributed by atoms with van der Waals surface area (Å²) in [5.74, 6) is 0. The van der Waals surface area contributed by atoms with Crippen molar-refractivity contribution in [3.63, 3.8) is 0 Å². The topological polar surface area (TPSA) is 58.9 Å². The molecule has 0 aliphatic carbocycles. The van der Waals surface area contributed by atoms with Gasteiger partial charge < -0.3 is 10.7 Å². The van der Waals surface area contributed by atoms with Crippen LogP contribution < -0.4 is 11.3 Å². The highest BCUT2D eigenvalue weighted by atomic mass is 35.5. The molecule has 0 aliphatic heterocycles. The zero-order valence-corrected chi connectivity index (χ0v) is 5.98. The maximum atomic E-state index is 10.6. The number of hydrogen-bond donors (Lipinski definition) is 2. The summed E-state index contributed by atoms with van der Waals surface area (Å²) in [4.78, 5) is 13.0. The Morgan fingerprint density at radius 2 is 2.30 bits per heavy atom. The first-order valence-electron chi connectivity index (χ1n) is 2.82. The summed E-state index contributed by atoms with van der Waals surface area (Å²) in [6, 6.07) is 3.01. The summed E-state index contributed by atoms with van der Waals surface area (Å²) in [6.07, 6.45) is 0. The first-order chi connectivity index (χ1) is 4.74. The minimum atomic E-state index is -0.206. The van der Waals surface area contributed by atoms with Crippen LogP contribution in [0.2, 0.25) is 5.15 Å². The summed E-state index contributed by atoms with van der Waals surface area (Å²) in [7, 11) is 0. The van der Waals surface area contributed by atoms with Gasteiger partial charge in [-0.3, -0.25) is 4.79 Å². The van der Waals surface area contributed by atoms with Crippen LogP contribution in [0.5, 0.6) is 0 Å². The third-order valence-corrected chi connectivity index (χ3v) is 1.51. The van der Waals surface area contributed by atoms with E-state index in [9.17, 15) is 4.79 Å². The number of nitrogens with two attached hydrogens (primary N) is 1. The molecule has 1 aromatic rings. The van der Waals surface area contributed by atoms with Gasteiger partial charge in [0.15, 0.2) is 0 Å². The molecule has 0 bridgehead atoms. The zero-order chi connectivity index (χ0) is 7.56. The Kier molecular flexibility index (Phi) is 2.09. The minimum Gasteiger partial charge on any atom is -0.326 e. The molecule has 1 rings (SSSR count). The molecule has 3 nitrogen and oxygen atoms in total. The Labute approximate surface area is 62.8 Å². The molecule has 0 aliphatic rings. The second kappa shape index (κ2) is 2.86. The van der Waals surface area contributed by atoms with Crippen molar-refractivity contribution >= 4 is 11.6 Å². The maximum absolute atomic E-state index is 10.6. The average molecular weight is 159 g/mol. The number of halogens is 1. The molecule has 4 heteroatoms. The first kappa shape index (κ1) is 7.31. The van der Waals surface area contributed by atoms with Gasteiger partial charge in [-0.05, 0) is 6.07 Å². The van der Waals surface area contributed by atoms with E-state index in [-0.39, 0.29) is 5.56 Å². The summed E-state index contributed by atoms with van der Waals surface area (Å²) in [5, 5.41) is 0.329. The van der Waals surface area contributed by atoms with Gasteiger partial charge in [0, 0.05) is 18.2 Å². The fraction of sp³-hybridized carbons (Fsp3) is 0.167. The van der Waals surface area contributed by atoms with E-state index in [1.54, 1.807) is 6.07 Å². The van der Waals surface area contributed by atoms with Crippen molar-refractivity contribution in [2.24, 2.45) is 5.73 Å². The monoisotopic (exact) mass is 158 g/mol. The fourth-order valence-electron chi connectivity index (χ4n) is 0.637. The molecule has 1 aromatic heterocycles. The van der Waals surface area contributed by atoms with Crippen LogP contribution in [0.15, 0.2) is 16.9 Å². The molecule has 0 radical (unpaired) electrons. The third kappa shape index (κ3) is 1.37. The summed E-state index contributed by atoms with van der Waals surface area (Å²) in [6.45, 7) is 0.343. The molecule has 3 N–H and O–H groups in total. The van der Waals surface area contributed by atoms with Crippen molar-refractivity contribution in [2.75, 3.05) is 0 Å². The van der Waals surface area contributed by atoms with Gasteiger partial charge in [0.1, 0.15) is 5.15 Å². The van der Waals surface area contributed by atoms with Crippen LogP contribution in [-0.4, -0.2) is 4.98 Å². The van der Waals surface area contributed by atoms with Gasteiger partial charge in [-0.15, -0.1) is 0 Å². The number of pyridine rings is 1. The molecule has 0 fully saturated rings. The van der Waals surface area contributed by atoms with Crippen molar-refractivity contribution in [2.45, 2.75) is 6.54 Å². The van der Waals surface area contributed by atoms with Gasteiger partial charge >= 0.3 is 0 Å². The average Bonchev–Trinajstić information content (AvgIpc) is 1.88. The van der Waals surface area contributed by atoms with Gasteiger partial charge in [-0.25, -0.2) is 0 Å². The third-order valence-electron chi connectivity index (χ3n) is 1.17. The van der Waals surface area contributed by atoms with E-state index in [2.05, 4.69) is 4.98 Å². The number of hydrogen-bond acceptors (Lipinski definition) is 2. The second-order valence-electron chi connectivity index (χ2n) is 1.87. The van der Waals surface area contributed by atoms with Crippen LogP contribution >= 0.6 is 11.6 Å². The molecule has 0 atom stereocenters. The van der Waals surface area contributed by atoms with E-state index >= 15 is 0 Å². The van der Waals surface area contributed by atoms with E-state index in [4.69, 9.17) is 17.3 Å². The highest BCUT2D eigenvalue weighted by Gasteiger charge is 1.95. The van der Waals surface area contributed by atoms with Gasteiger partial charge in [0.25, 0.3) is 0 Å². The standard InChI is InChI=1S/C6H7ClN2O/c7-6-4(3-8)1-2-5(10)9-6/h1-2H,3,8H2,(H,9,10). The molecule has 10 heavy (non-hydrogen) atoms. The van der Waals surface area contributed by atoms with Gasteiger partial charge in [0.05, 0.1) is 0 Å². The quantitative estimate of drug-likeness (QED) is 0.585. The smallest absolute Gasteiger partial charge is 0.249 e. The molecule has 0 spiro atoms. The number of H-pyrrole nitrogens is 1. The first-order valence-corrected chi connectivity index (χ1v) is 3.19. The number of aromatic nitrogens is 1. The molecule has 0 saturated heterocycles. The predicted molar refractivity (Wildman–Crippen MR) is 40.0 cm³/mol.